The number of aryl methyl sites for hydroxylation is 1. The zero-order valence-electron chi connectivity index (χ0n) is 14.2. The molecule has 2 heterocycles. The van der Waals surface area contributed by atoms with Crippen LogP contribution in [-0.4, -0.2) is 21.7 Å². The van der Waals surface area contributed by atoms with Crippen LogP contribution in [0.2, 0.25) is 10.0 Å². The van der Waals surface area contributed by atoms with E-state index in [9.17, 15) is 4.79 Å². The fourth-order valence-corrected chi connectivity index (χ4v) is 3.06. The molecule has 0 bridgehead atoms. The summed E-state index contributed by atoms with van der Waals surface area (Å²) < 4.78 is 2.00. The summed E-state index contributed by atoms with van der Waals surface area (Å²) in [4.78, 5) is 15.9. The third kappa shape index (κ3) is 3.64. The first-order chi connectivity index (χ1) is 12.5. The molecule has 0 aliphatic heterocycles. The van der Waals surface area contributed by atoms with Crippen LogP contribution < -0.4 is 5.43 Å². The predicted octanol–water partition coefficient (Wildman–Crippen LogP) is 4.56. The lowest BCUT2D eigenvalue weighted by atomic mass is 10.2. The second-order valence-electron chi connectivity index (χ2n) is 5.68. The van der Waals surface area contributed by atoms with Gasteiger partial charge in [0.05, 0.1) is 27.5 Å². The Balaban J connectivity index is 1.84. The van der Waals surface area contributed by atoms with Gasteiger partial charge in [0.15, 0.2) is 0 Å². The Labute approximate surface area is 161 Å². The third-order valence-corrected chi connectivity index (χ3v) is 4.74. The number of carbonyl (C=O) groups is 1. The van der Waals surface area contributed by atoms with Crippen molar-refractivity contribution in [3.8, 4) is 5.69 Å². The third-order valence-electron chi connectivity index (χ3n) is 3.94. The average molecular weight is 387 g/mol. The molecule has 1 N–H and O–H groups in total. The van der Waals surface area contributed by atoms with E-state index in [1.165, 1.54) is 6.20 Å². The smallest absolute Gasteiger partial charge is 0.272 e. The maximum Gasteiger partial charge on any atom is 0.272 e. The summed E-state index contributed by atoms with van der Waals surface area (Å²) >= 11 is 12.5. The van der Waals surface area contributed by atoms with E-state index >= 15 is 0 Å². The highest BCUT2D eigenvalue weighted by Gasteiger charge is 2.13. The van der Waals surface area contributed by atoms with Crippen molar-refractivity contribution >= 4 is 35.3 Å². The van der Waals surface area contributed by atoms with E-state index < -0.39 is 0 Å². The number of nitrogens with zero attached hydrogens (tertiary/aromatic N) is 3. The second kappa shape index (κ2) is 7.72. The molecule has 0 saturated heterocycles. The molecular weight excluding hydrogens is 371 g/mol. The van der Waals surface area contributed by atoms with Gasteiger partial charge in [-0.25, -0.2) is 5.43 Å². The Morgan fingerprint density at radius 1 is 1.23 bits per heavy atom. The van der Waals surface area contributed by atoms with E-state index in [0.29, 0.717) is 15.6 Å². The van der Waals surface area contributed by atoms with E-state index in [2.05, 4.69) is 15.5 Å². The van der Waals surface area contributed by atoms with Crippen LogP contribution in [0, 0.1) is 13.8 Å². The lowest BCUT2D eigenvalue weighted by Gasteiger charge is -2.12. The maximum atomic E-state index is 12.0. The molecule has 2 aromatic heterocycles. The standard InChI is InChI=1S/C19H16Cl2N4O/c1-12-9-15(11-23-24-19(26)14-5-4-8-22-10-14)13(2)25(12)17-7-3-6-16(20)18(17)21/h3-11H,1-2H3,(H,24,26)/b23-11-. The van der Waals surface area contributed by atoms with E-state index in [0.717, 1.165) is 22.6 Å². The van der Waals surface area contributed by atoms with E-state index in [1.54, 1.807) is 30.6 Å². The Bertz CT molecular complexity index is 981. The van der Waals surface area contributed by atoms with Crippen molar-refractivity contribution in [1.82, 2.24) is 15.0 Å². The molecule has 3 aromatic rings. The molecule has 0 aliphatic carbocycles. The Hall–Kier alpha value is -2.63. The van der Waals surface area contributed by atoms with Gasteiger partial charge >= 0.3 is 0 Å². The van der Waals surface area contributed by atoms with Crippen molar-refractivity contribution in [2.24, 2.45) is 5.10 Å². The zero-order chi connectivity index (χ0) is 18.7. The van der Waals surface area contributed by atoms with Gasteiger partial charge in [0.1, 0.15) is 0 Å². The van der Waals surface area contributed by atoms with Gasteiger partial charge in [0.25, 0.3) is 5.91 Å². The van der Waals surface area contributed by atoms with Crippen LogP contribution in [0.15, 0.2) is 53.9 Å². The number of amides is 1. The Morgan fingerprint density at radius 3 is 2.77 bits per heavy atom. The van der Waals surface area contributed by atoms with Crippen molar-refractivity contribution in [1.29, 1.82) is 0 Å². The minimum atomic E-state index is -0.318. The summed E-state index contributed by atoms with van der Waals surface area (Å²) in [6.45, 7) is 3.92. The van der Waals surface area contributed by atoms with Gasteiger partial charge in [-0.3, -0.25) is 9.78 Å². The molecule has 0 unspecified atom stereocenters. The van der Waals surface area contributed by atoms with E-state index in [-0.39, 0.29) is 5.91 Å². The van der Waals surface area contributed by atoms with Crippen LogP contribution >= 0.6 is 23.2 Å². The van der Waals surface area contributed by atoms with Crippen LogP contribution in [0.1, 0.15) is 27.3 Å². The normalized spacial score (nSPS) is 11.1. The number of carbonyl (C=O) groups excluding carboxylic acids is 1. The molecule has 0 fully saturated rings. The average Bonchev–Trinajstić information content (AvgIpc) is 2.92. The number of halogens is 2. The Kier molecular flexibility index (Phi) is 5.40. The first-order valence-electron chi connectivity index (χ1n) is 7.86. The molecular formula is C19H16Cl2N4O. The zero-order valence-corrected chi connectivity index (χ0v) is 15.7. The number of benzene rings is 1. The molecule has 0 saturated carbocycles. The van der Waals surface area contributed by atoms with Crippen molar-refractivity contribution in [2.45, 2.75) is 13.8 Å². The summed E-state index contributed by atoms with van der Waals surface area (Å²) in [5.41, 5.74) is 6.52. The first-order valence-corrected chi connectivity index (χ1v) is 8.61. The minimum absolute atomic E-state index is 0.318. The lowest BCUT2D eigenvalue weighted by molar-refractivity contribution is 0.0955. The molecule has 0 radical (unpaired) electrons. The van der Waals surface area contributed by atoms with Gasteiger partial charge in [-0.05, 0) is 44.2 Å². The maximum absolute atomic E-state index is 12.0. The predicted molar refractivity (Wildman–Crippen MR) is 105 cm³/mol. The van der Waals surface area contributed by atoms with Crippen molar-refractivity contribution < 1.29 is 4.79 Å². The van der Waals surface area contributed by atoms with Crippen LogP contribution in [0.5, 0.6) is 0 Å². The van der Waals surface area contributed by atoms with Crippen molar-refractivity contribution in [3.05, 3.63) is 81.4 Å². The number of hydrogen-bond acceptors (Lipinski definition) is 3. The van der Waals surface area contributed by atoms with Crippen molar-refractivity contribution in [2.75, 3.05) is 0 Å². The lowest BCUT2D eigenvalue weighted by Crippen LogP contribution is -2.17. The number of pyridine rings is 1. The quantitative estimate of drug-likeness (QED) is 0.527. The molecule has 1 aromatic carbocycles. The van der Waals surface area contributed by atoms with Gasteiger partial charge in [0.2, 0.25) is 0 Å². The number of hydrazone groups is 1. The highest BCUT2D eigenvalue weighted by Crippen LogP contribution is 2.31. The van der Waals surface area contributed by atoms with Crippen LogP contribution in [0.25, 0.3) is 5.69 Å². The molecule has 0 spiro atoms. The van der Waals surface area contributed by atoms with Gasteiger partial charge in [-0.15, -0.1) is 0 Å². The fourth-order valence-electron chi connectivity index (χ4n) is 2.68. The number of nitrogens with one attached hydrogen (secondary N) is 1. The second-order valence-corrected chi connectivity index (χ2v) is 6.46. The highest BCUT2D eigenvalue weighted by molar-refractivity contribution is 6.43. The van der Waals surface area contributed by atoms with E-state index in [4.69, 9.17) is 23.2 Å². The van der Waals surface area contributed by atoms with Crippen molar-refractivity contribution in [3.63, 3.8) is 0 Å². The van der Waals surface area contributed by atoms with Gasteiger partial charge < -0.3 is 4.57 Å². The molecule has 26 heavy (non-hydrogen) atoms. The van der Waals surface area contributed by atoms with E-state index in [1.807, 2.05) is 36.6 Å². The molecule has 0 atom stereocenters. The monoisotopic (exact) mass is 386 g/mol. The molecule has 3 rings (SSSR count). The summed E-state index contributed by atoms with van der Waals surface area (Å²) in [5.74, 6) is -0.318. The minimum Gasteiger partial charge on any atom is -0.316 e. The summed E-state index contributed by atoms with van der Waals surface area (Å²) in [6, 6.07) is 10.8. The summed E-state index contributed by atoms with van der Waals surface area (Å²) in [6.07, 6.45) is 4.69. The molecule has 1 amide bonds. The fraction of sp³-hybridized carbons (Fsp3) is 0.105. The summed E-state index contributed by atoms with van der Waals surface area (Å²) in [7, 11) is 0. The molecule has 5 nitrogen and oxygen atoms in total. The largest absolute Gasteiger partial charge is 0.316 e. The van der Waals surface area contributed by atoms with Crippen LogP contribution in [0.4, 0.5) is 0 Å². The van der Waals surface area contributed by atoms with Crippen LogP contribution in [0.3, 0.4) is 0 Å². The Morgan fingerprint density at radius 2 is 2.04 bits per heavy atom. The SMILES string of the molecule is Cc1cc(/C=N\NC(=O)c2cccnc2)c(C)n1-c1cccc(Cl)c1Cl. The molecule has 7 heteroatoms. The molecule has 0 aliphatic rings. The number of aromatic nitrogens is 2. The van der Waals surface area contributed by atoms with Crippen LogP contribution in [-0.2, 0) is 0 Å². The summed E-state index contributed by atoms with van der Waals surface area (Å²) in [5, 5.41) is 5.03. The van der Waals surface area contributed by atoms with Gasteiger partial charge in [-0.1, -0.05) is 29.3 Å². The van der Waals surface area contributed by atoms with Gasteiger partial charge in [0, 0.05) is 29.3 Å². The number of rotatable bonds is 4. The molecule has 132 valence electrons. The topological polar surface area (TPSA) is 59.3 Å². The number of hydrogen-bond donors (Lipinski definition) is 1. The first kappa shape index (κ1) is 18.2. The van der Waals surface area contributed by atoms with Gasteiger partial charge in [-0.2, -0.15) is 5.10 Å². The highest BCUT2D eigenvalue weighted by atomic mass is 35.5.